The molecule has 1 unspecified atom stereocenters. The Morgan fingerprint density at radius 1 is 1.53 bits per heavy atom. The fourth-order valence-electron chi connectivity index (χ4n) is 1.55. The number of ketones is 1. The van der Waals surface area contributed by atoms with Crippen LogP contribution in [0.4, 0.5) is 13.2 Å². The van der Waals surface area contributed by atoms with E-state index in [9.17, 15) is 22.8 Å². The lowest BCUT2D eigenvalue weighted by atomic mass is 10.1. The molecule has 0 aliphatic carbocycles. The normalized spacial score (nSPS) is 17.9. The van der Waals surface area contributed by atoms with Crippen LogP contribution in [0.3, 0.4) is 0 Å². The number of ether oxygens (including phenoxy) is 2. The zero-order chi connectivity index (χ0) is 14.2. The molecule has 8 heteroatoms. The molecule has 0 fully saturated rings. The largest absolute Gasteiger partial charge is 0.468 e. The molecule has 2 heterocycles. The van der Waals surface area contributed by atoms with Gasteiger partial charge in [0.05, 0.1) is 12.2 Å². The Morgan fingerprint density at radius 3 is 2.79 bits per heavy atom. The van der Waals surface area contributed by atoms with Gasteiger partial charge in [-0.05, 0) is 13.0 Å². The summed E-state index contributed by atoms with van der Waals surface area (Å²) in [6, 6.07) is 0.638. The monoisotopic (exact) mass is 275 g/mol. The molecule has 0 amide bonds. The quantitative estimate of drug-likeness (QED) is 0.606. The molecule has 1 aromatic rings. The van der Waals surface area contributed by atoms with E-state index in [4.69, 9.17) is 4.74 Å². The molecule has 0 saturated heterocycles. The summed E-state index contributed by atoms with van der Waals surface area (Å²) in [4.78, 5) is 26.5. The maximum Gasteiger partial charge on any atom is 0.418 e. The Morgan fingerprint density at radius 2 is 2.21 bits per heavy atom. The van der Waals surface area contributed by atoms with Crippen molar-refractivity contribution in [3.63, 3.8) is 0 Å². The number of pyridine rings is 1. The van der Waals surface area contributed by atoms with Crippen LogP contribution in [-0.2, 0) is 15.7 Å². The number of esters is 1. The second kappa shape index (κ2) is 4.52. The molecule has 0 N–H and O–H groups in total. The summed E-state index contributed by atoms with van der Waals surface area (Å²) in [6.07, 6.45) is -5.66. The van der Waals surface area contributed by atoms with Gasteiger partial charge in [0.25, 0.3) is 6.10 Å². The number of aromatic nitrogens is 1. The van der Waals surface area contributed by atoms with Crippen LogP contribution < -0.4 is 4.74 Å². The van der Waals surface area contributed by atoms with E-state index in [0.29, 0.717) is 12.3 Å². The van der Waals surface area contributed by atoms with Gasteiger partial charge in [-0.25, -0.2) is 9.78 Å². The van der Waals surface area contributed by atoms with Gasteiger partial charge in [-0.2, -0.15) is 13.2 Å². The number of fused-ring (bicyclic) bond motifs is 1. The van der Waals surface area contributed by atoms with E-state index in [1.165, 1.54) is 6.92 Å². The van der Waals surface area contributed by atoms with E-state index in [1.807, 2.05) is 0 Å². The first-order valence-electron chi connectivity index (χ1n) is 5.29. The van der Waals surface area contributed by atoms with Crippen LogP contribution >= 0.6 is 0 Å². The van der Waals surface area contributed by atoms with Crippen LogP contribution in [0.2, 0.25) is 0 Å². The summed E-state index contributed by atoms with van der Waals surface area (Å²) in [7, 11) is 0. The molecule has 5 nitrogen and oxygen atoms in total. The number of halogens is 3. The molecule has 1 aromatic heterocycles. The molecule has 2 rings (SSSR count). The molecular formula is C11H8F3NO4. The molecular weight excluding hydrogens is 267 g/mol. The maximum atomic E-state index is 12.5. The van der Waals surface area contributed by atoms with Crippen molar-refractivity contribution in [2.75, 3.05) is 6.61 Å². The number of carbonyl (C=O) groups excluding carboxylic acids is 2. The van der Waals surface area contributed by atoms with E-state index in [1.54, 1.807) is 0 Å². The highest BCUT2D eigenvalue weighted by molar-refractivity contribution is 6.14. The number of carbonyl (C=O) groups is 2. The smallest absolute Gasteiger partial charge is 0.418 e. The van der Waals surface area contributed by atoms with Crippen LogP contribution in [0.15, 0.2) is 12.3 Å². The van der Waals surface area contributed by atoms with Crippen molar-refractivity contribution in [2.24, 2.45) is 0 Å². The van der Waals surface area contributed by atoms with Gasteiger partial charge in [-0.15, -0.1) is 0 Å². The van der Waals surface area contributed by atoms with Gasteiger partial charge < -0.3 is 9.47 Å². The van der Waals surface area contributed by atoms with Crippen molar-refractivity contribution < 1.29 is 32.2 Å². The Balaban J connectivity index is 2.31. The molecule has 0 aromatic carbocycles. The molecule has 19 heavy (non-hydrogen) atoms. The highest BCUT2D eigenvalue weighted by atomic mass is 19.4. The van der Waals surface area contributed by atoms with Crippen LogP contribution in [0.25, 0.3) is 0 Å². The van der Waals surface area contributed by atoms with Gasteiger partial charge in [0.15, 0.2) is 11.4 Å². The average molecular weight is 275 g/mol. The second-order valence-electron chi connectivity index (χ2n) is 3.68. The Hall–Kier alpha value is -2.12. The summed E-state index contributed by atoms with van der Waals surface area (Å²) in [5.74, 6) is -2.11. The number of hydrogen-bond acceptors (Lipinski definition) is 5. The first-order valence-corrected chi connectivity index (χ1v) is 5.29. The number of nitrogens with zero attached hydrogens (tertiary/aromatic N) is 1. The van der Waals surface area contributed by atoms with Crippen LogP contribution in [-0.4, -0.2) is 29.4 Å². The van der Waals surface area contributed by atoms with Crippen molar-refractivity contribution in [1.29, 1.82) is 0 Å². The van der Waals surface area contributed by atoms with Gasteiger partial charge in [-0.3, -0.25) is 4.79 Å². The predicted octanol–water partition coefficient (Wildman–Crippen LogP) is 1.61. The van der Waals surface area contributed by atoms with Crippen molar-refractivity contribution in [3.05, 3.63) is 23.5 Å². The molecule has 1 aliphatic rings. The predicted molar refractivity (Wildman–Crippen MR) is 54.6 cm³/mol. The summed E-state index contributed by atoms with van der Waals surface area (Å²) in [5.41, 5.74) is -1.35. The standard InChI is InChI=1S/C11H8F3NO4/c1-2-18-10(17)9-8(16)7-6(19-9)3-5(4-15-7)11(12,13)14/h3-4,9H,2H2,1H3. The van der Waals surface area contributed by atoms with E-state index in [2.05, 4.69) is 9.72 Å². The third kappa shape index (κ3) is 2.38. The fourth-order valence-corrected chi connectivity index (χ4v) is 1.55. The minimum Gasteiger partial charge on any atom is -0.468 e. The fraction of sp³-hybridized carbons (Fsp3) is 0.364. The maximum absolute atomic E-state index is 12.5. The second-order valence-corrected chi connectivity index (χ2v) is 3.68. The Bertz CT molecular complexity index is 541. The highest BCUT2D eigenvalue weighted by Crippen LogP contribution is 2.35. The minimum atomic E-state index is -4.60. The first kappa shape index (κ1) is 13.3. The third-order valence-corrected chi connectivity index (χ3v) is 2.40. The van der Waals surface area contributed by atoms with Crippen molar-refractivity contribution in [3.8, 4) is 5.75 Å². The number of Topliss-reactive ketones (excluding diaryl/α,β-unsaturated/α-hetero) is 1. The zero-order valence-corrected chi connectivity index (χ0v) is 9.65. The molecule has 1 aliphatic heterocycles. The van der Waals surface area contributed by atoms with E-state index in [-0.39, 0.29) is 18.1 Å². The van der Waals surface area contributed by atoms with Crippen LogP contribution in [0.1, 0.15) is 23.0 Å². The minimum absolute atomic E-state index is 0.0313. The van der Waals surface area contributed by atoms with Crippen molar-refractivity contribution in [2.45, 2.75) is 19.2 Å². The molecule has 0 spiro atoms. The third-order valence-electron chi connectivity index (χ3n) is 2.40. The molecule has 0 radical (unpaired) electrons. The number of alkyl halides is 3. The Labute approximate surface area is 105 Å². The van der Waals surface area contributed by atoms with Crippen molar-refractivity contribution >= 4 is 11.8 Å². The van der Waals surface area contributed by atoms with Gasteiger partial charge >= 0.3 is 12.1 Å². The molecule has 102 valence electrons. The van der Waals surface area contributed by atoms with Gasteiger partial charge in [0.2, 0.25) is 5.78 Å². The number of hydrogen-bond donors (Lipinski definition) is 0. The van der Waals surface area contributed by atoms with Gasteiger partial charge in [0, 0.05) is 6.20 Å². The lowest BCUT2D eigenvalue weighted by Crippen LogP contribution is -2.32. The lowest BCUT2D eigenvalue weighted by Gasteiger charge is -2.08. The molecule has 1 atom stereocenters. The summed E-state index contributed by atoms with van der Waals surface area (Å²) in [5, 5.41) is 0. The average Bonchev–Trinajstić information content (AvgIpc) is 2.66. The topological polar surface area (TPSA) is 65.5 Å². The van der Waals surface area contributed by atoms with Gasteiger partial charge in [0.1, 0.15) is 0 Å². The SMILES string of the molecule is CCOC(=O)C1Oc2cc(C(F)(F)F)cnc2C1=O. The van der Waals surface area contributed by atoms with E-state index in [0.717, 1.165) is 0 Å². The van der Waals surface area contributed by atoms with E-state index < -0.39 is 29.6 Å². The lowest BCUT2D eigenvalue weighted by molar-refractivity contribution is -0.148. The van der Waals surface area contributed by atoms with Crippen LogP contribution in [0.5, 0.6) is 5.75 Å². The number of rotatable bonds is 2. The summed E-state index contributed by atoms with van der Waals surface area (Å²) >= 11 is 0. The molecule has 0 bridgehead atoms. The first-order chi connectivity index (χ1) is 8.84. The summed E-state index contributed by atoms with van der Waals surface area (Å²) < 4.78 is 46.8. The van der Waals surface area contributed by atoms with Crippen molar-refractivity contribution in [1.82, 2.24) is 4.98 Å². The summed E-state index contributed by atoms with van der Waals surface area (Å²) in [6.45, 7) is 1.56. The van der Waals surface area contributed by atoms with Gasteiger partial charge in [-0.1, -0.05) is 0 Å². The van der Waals surface area contributed by atoms with Crippen LogP contribution in [0, 0.1) is 0 Å². The Kier molecular flexibility index (Phi) is 3.17. The highest BCUT2D eigenvalue weighted by Gasteiger charge is 2.42. The van der Waals surface area contributed by atoms with E-state index >= 15 is 0 Å². The molecule has 0 saturated carbocycles. The zero-order valence-electron chi connectivity index (χ0n) is 9.65.